The molecule has 2 rings (SSSR count). The zero-order valence-electron chi connectivity index (χ0n) is 14.0. The van der Waals surface area contributed by atoms with Crippen molar-refractivity contribution in [2.24, 2.45) is 4.99 Å². The van der Waals surface area contributed by atoms with Gasteiger partial charge in [0, 0.05) is 33.7 Å². The lowest BCUT2D eigenvalue weighted by atomic mass is 10.2. The summed E-state index contributed by atoms with van der Waals surface area (Å²) in [4.78, 5) is 4.54. The molecule has 1 fully saturated rings. The molecule has 0 unspecified atom stereocenters. The highest BCUT2D eigenvalue weighted by atomic mass is 32.2. The Morgan fingerprint density at radius 3 is 2.35 bits per heavy atom. The third-order valence-electron chi connectivity index (χ3n) is 4.08. The van der Waals surface area contributed by atoms with Gasteiger partial charge in [-0.1, -0.05) is 25.0 Å². The molecular formula is C16H26N4O2S. The molecule has 1 aromatic rings. The number of rotatable bonds is 5. The lowest BCUT2D eigenvalue weighted by Gasteiger charge is -2.17. The maximum Gasteiger partial charge on any atom is 0.242 e. The number of sulfonamides is 1. The van der Waals surface area contributed by atoms with Crippen molar-refractivity contribution >= 4 is 16.0 Å². The molecular weight excluding hydrogens is 312 g/mol. The highest BCUT2D eigenvalue weighted by Crippen LogP contribution is 2.17. The molecule has 0 radical (unpaired) electrons. The van der Waals surface area contributed by atoms with E-state index in [4.69, 9.17) is 0 Å². The number of hydrogen-bond donors (Lipinski definition) is 2. The van der Waals surface area contributed by atoms with Crippen LogP contribution in [0, 0.1) is 0 Å². The van der Waals surface area contributed by atoms with Crippen LogP contribution in [0.25, 0.3) is 0 Å². The van der Waals surface area contributed by atoms with E-state index in [0.29, 0.717) is 17.5 Å². The molecule has 1 aliphatic carbocycles. The van der Waals surface area contributed by atoms with Crippen LogP contribution in [0.3, 0.4) is 0 Å². The van der Waals surface area contributed by atoms with Crippen LogP contribution >= 0.6 is 0 Å². The topological polar surface area (TPSA) is 73.8 Å². The minimum Gasteiger partial charge on any atom is -0.354 e. The van der Waals surface area contributed by atoms with Gasteiger partial charge in [0.05, 0.1) is 4.90 Å². The van der Waals surface area contributed by atoms with Gasteiger partial charge >= 0.3 is 0 Å². The second-order valence-corrected chi connectivity index (χ2v) is 8.13. The Labute approximate surface area is 139 Å². The largest absolute Gasteiger partial charge is 0.354 e. The number of aliphatic imine (C=N–C) groups is 1. The summed E-state index contributed by atoms with van der Waals surface area (Å²) in [6.45, 7) is 0.606. The van der Waals surface area contributed by atoms with Crippen molar-refractivity contribution in [1.29, 1.82) is 0 Å². The summed E-state index contributed by atoms with van der Waals surface area (Å²) in [6.07, 6.45) is 4.93. The average molecular weight is 338 g/mol. The fraction of sp³-hybridized carbons (Fsp3) is 0.562. The molecule has 0 saturated heterocycles. The molecule has 6 nitrogen and oxygen atoms in total. The van der Waals surface area contributed by atoms with E-state index in [1.165, 1.54) is 44.1 Å². The number of benzene rings is 1. The summed E-state index contributed by atoms with van der Waals surface area (Å²) in [5.74, 6) is 0.793. The second kappa shape index (κ2) is 7.79. The first kappa shape index (κ1) is 17.7. The molecule has 0 aliphatic heterocycles. The molecule has 1 aliphatic rings. The highest BCUT2D eigenvalue weighted by molar-refractivity contribution is 7.89. The van der Waals surface area contributed by atoms with Gasteiger partial charge in [0.25, 0.3) is 0 Å². The predicted octanol–water partition coefficient (Wildman–Crippen LogP) is 1.54. The van der Waals surface area contributed by atoms with Gasteiger partial charge in [-0.3, -0.25) is 4.99 Å². The van der Waals surface area contributed by atoms with Crippen molar-refractivity contribution in [3.05, 3.63) is 29.8 Å². The Hall–Kier alpha value is -1.60. The number of hydrogen-bond acceptors (Lipinski definition) is 3. The molecule has 23 heavy (non-hydrogen) atoms. The Kier molecular flexibility index (Phi) is 6.01. The number of nitrogens with one attached hydrogen (secondary N) is 2. The van der Waals surface area contributed by atoms with Gasteiger partial charge in [0.15, 0.2) is 5.96 Å². The van der Waals surface area contributed by atoms with E-state index >= 15 is 0 Å². The lowest BCUT2D eigenvalue weighted by molar-refractivity contribution is 0.520. The van der Waals surface area contributed by atoms with Gasteiger partial charge in [-0.05, 0) is 30.5 Å². The number of nitrogens with zero attached hydrogens (tertiary/aromatic N) is 2. The zero-order valence-corrected chi connectivity index (χ0v) is 14.9. The van der Waals surface area contributed by atoms with Gasteiger partial charge in [-0.25, -0.2) is 12.7 Å². The first-order valence-electron chi connectivity index (χ1n) is 7.92. The maximum atomic E-state index is 12.0. The molecule has 7 heteroatoms. The maximum absolute atomic E-state index is 12.0. The lowest BCUT2D eigenvalue weighted by Crippen LogP contribution is -2.41. The van der Waals surface area contributed by atoms with Crippen LogP contribution in [0.1, 0.15) is 31.2 Å². The smallest absolute Gasteiger partial charge is 0.242 e. The summed E-state index contributed by atoms with van der Waals surface area (Å²) >= 11 is 0. The summed E-state index contributed by atoms with van der Waals surface area (Å²) < 4.78 is 25.3. The van der Waals surface area contributed by atoms with Crippen LogP contribution < -0.4 is 10.6 Å². The van der Waals surface area contributed by atoms with E-state index in [2.05, 4.69) is 15.6 Å². The van der Waals surface area contributed by atoms with Crippen molar-refractivity contribution in [3.8, 4) is 0 Å². The summed E-state index contributed by atoms with van der Waals surface area (Å²) in [7, 11) is 1.45. The van der Waals surface area contributed by atoms with Crippen molar-refractivity contribution in [2.75, 3.05) is 21.1 Å². The Balaban J connectivity index is 1.93. The summed E-state index contributed by atoms with van der Waals surface area (Å²) in [6, 6.07) is 7.44. The van der Waals surface area contributed by atoms with E-state index in [1.54, 1.807) is 19.2 Å². The first-order chi connectivity index (χ1) is 10.9. The molecule has 1 aromatic carbocycles. The minimum atomic E-state index is -3.37. The van der Waals surface area contributed by atoms with E-state index < -0.39 is 10.0 Å². The molecule has 0 heterocycles. The Morgan fingerprint density at radius 1 is 1.22 bits per heavy atom. The van der Waals surface area contributed by atoms with Gasteiger partial charge in [0.2, 0.25) is 10.0 Å². The molecule has 0 amide bonds. The minimum absolute atomic E-state index is 0.305. The van der Waals surface area contributed by atoms with Gasteiger partial charge in [-0.15, -0.1) is 0 Å². The second-order valence-electron chi connectivity index (χ2n) is 5.98. The zero-order chi connectivity index (χ0) is 16.9. The highest BCUT2D eigenvalue weighted by Gasteiger charge is 2.17. The molecule has 1 saturated carbocycles. The average Bonchev–Trinajstić information content (AvgIpc) is 3.04. The fourth-order valence-corrected chi connectivity index (χ4v) is 3.54. The van der Waals surface area contributed by atoms with Gasteiger partial charge < -0.3 is 10.6 Å². The fourth-order valence-electron chi connectivity index (χ4n) is 2.63. The van der Waals surface area contributed by atoms with Crippen LogP contribution in [0.5, 0.6) is 0 Å². The van der Waals surface area contributed by atoms with E-state index in [-0.39, 0.29) is 0 Å². The summed E-state index contributed by atoms with van der Waals surface area (Å²) in [5.41, 5.74) is 1.01. The molecule has 0 atom stereocenters. The van der Waals surface area contributed by atoms with Crippen LogP contribution in [0.2, 0.25) is 0 Å². The van der Waals surface area contributed by atoms with Crippen LogP contribution in [-0.2, 0) is 16.6 Å². The van der Waals surface area contributed by atoms with Crippen molar-refractivity contribution in [1.82, 2.24) is 14.9 Å². The standard InChI is InChI=1S/C16H26N4O2S/c1-17-16(19-14-6-4-5-7-14)18-12-13-8-10-15(11-9-13)23(21,22)20(2)3/h8-11,14H,4-7,12H2,1-3H3,(H2,17,18,19). The van der Waals surface area contributed by atoms with E-state index in [0.717, 1.165) is 11.5 Å². The van der Waals surface area contributed by atoms with Crippen molar-refractivity contribution < 1.29 is 8.42 Å². The van der Waals surface area contributed by atoms with Gasteiger partial charge in [0.1, 0.15) is 0 Å². The molecule has 0 spiro atoms. The molecule has 2 N–H and O–H groups in total. The first-order valence-corrected chi connectivity index (χ1v) is 9.36. The third-order valence-corrected chi connectivity index (χ3v) is 5.91. The predicted molar refractivity (Wildman–Crippen MR) is 92.9 cm³/mol. The van der Waals surface area contributed by atoms with Crippen LogP contribution in [0.4, 0.5) is 0 Å². The normalized spacial score (nSPS) is 16.8. The van der Waals surface area contributed by atoms with E-state index in [9.17, 15) is 8.42 Å². The quantitative estimate of drug-likeness (QED) is 0.631. The third kappa shape index (κ3) is 4.68. The van der Waals surface area contributed by atoms with Crippen LogP contribution in [0.15, 0.2) is 34.2 Å². The van der Waals surface area contributed by atoms with Crippen molar-refractivity contribution in [2.45, 2.75) is 43.2 Å². The summed E-state index contributed by atoms with van der Waals surface area (Å²) in [5, 5.41) is 6.70. The van der Waals surface area contributed by atoms with Crippen LogP contribution in [-0.4, -0.2) is 45.9 Å². The van der Waals surface area contributed by atoms with Crippen molar-refractivity contribution in [3.63, 3.8) is 0 Å². The van der Waals surface area contributed by atoms with E-state index in [1.807, 2.05) is 12.1 Å². The molecule has 0 bridgehead atoms. The number of guanidine groups is 1. The van der Waals surface area contributed by atoms with Gasteiger partial charge in [-0.2, -0.15) is 0 Å². The molecule has 0 aromatic heterocycles. The Bertz CT molecular complexity index is 633. The SMILES string of the molecule is CN=C(NCc1ccc(S(=O)(=O)N(C)C)cc1)NC1CCCC1. The molecule has 128 valence electrons. The monoisotopic (exact) mass is 338 g/mol. The Morgan fingerprint density at radius 2 is 1.83 bits per heavy atom.